The molecule has 0 radical (unpaired) electrons. The van der Waals surface area contributed by atoms with E-state index in [9.17, 15) is 4.79 Å². The van der Waals surface area contributed by atoms with Gasteiger partial charge in [-0.3, -0.25) is 4.79 Å². The van der Waals surface area contributed by atoms with Gasteiger partial charge in [-0.2, -0.15) is 0 Å². The van der Waals surface area contributed by atoms with Gasteiger partial charge in [-0.1, -0.05) is 13.8 Å². The normalized spacial score (nSPS) is 10.6. The second-order valence-corrected chi connectivity index (χ2v) is 4.38. The topological polar surface area (TPSA) is 90.1 Å². The molecule has 1 rings (SSSR count). The second-order valence-electron chi connectivity index (χ2n) is 4.38. The van der Waals surface area contributed by atoms with Crippen molar-refractivity contribution in [3.63, 3.8) is 0 Å². The van der Waals surface area contributed by atoms with Crippen LogP contribution in [0.15, 0.2) is 12.4 Å². The van der Waals surface area contributed by atoms with Gasteiger partial charge in [-0.15, -0.1) is 0 Å². The predicted octanol–water partition coefficient (Wildman–Crippen LogP) is 0.851. The van der Waals surface area contributed by atoms with E-state index in [1.165, 1.54) is 12.4 Å². The number of amides is 1. The molecule has 3 N–H and O–H groups in total. The highest BCUT2D eigenvalue weighted by Crippen LogP contribution is 1.98. The van der Waals surface area contributed by atoms with Gasteiger partial charge in [0.1, 0.15) is 11.5 Å². The number of hydrogen-bond acceptors (Lipinski definition) is 5. The average molecular weight is 252 g/mol. The lowest BCUT2D eigenvalue weighted by molar-refractivity contribution is 0.0901. The van der Waals surface area contributed by atoms with Gasteiger partial charge >= 0.3 is 0 Å². The van der Waals surface area contributed by atoms with Crippen molar-refractivity contribution >= 4 is 11.7 Å². The minimum atomic E-state index is -0.269. The number of nitrogens with one attached hydrogen (secondary N) is 1. The molecule has 0 aliphatic rings. The molecule has 0 saturated heterocycles. The first-order valence-electron chi connectivity index (χ1n) is 6.03. The van der Waals surface area contributed by atoms with Crippen molar-refractivity contribution in [2.75, 3.05) is 25.5 Å². The van der Waals surface area contributed by atoms with Crippen LogP contribution in [0.25, 0.3) is 0 Å². The number of nitrogen functional groups attached to an aromatic ring is 1. The van der Waals surface area contributed by atoms with E-state index >= 15 is 0 Å². The van der Waals surface area contributed by atoms with Crippen LogP contribution in [0.5, 0.6) is 0 Å². The average Bonchev–Trinajstić information content (AvgIpc) is 2.34. The first-order chi connectivity index (χ1) is 8.59. The fourth-order valence-corrected chi connectivity index (χ4v) is 1.20. The number of nitrogens with zero attached hydrogens (tertiary/aromatic N) is 2. The van der Waals surface area contributed by atoms with Crippen LogP contribution < -0.4 is 11.1 Å². The Morgan fingerprint density at radius 2 is 2.17 bits per heavy atom. The third kappa shape index (κ3) is 5.58. The SMILES string of the molecule is CC(C)CCOCCNC(=O)c1cnc(N)cn1. The van der Waals surface area contributed by atoms with Crippen LogP contribution >= 0.6 is 0 Å². The van der Waals surface area contributed by atoms with Crippen molar-refractivity contribution in [2.24, 2.45) is 5.92 Å². The van der Waals surface area contributed by atoms with Crippen LogP contribution in [-0.4, -0.2) is 35.6 Å². The Hall–Kier alpha value is -1.69. The van der Waals surface area contributed by atoms with Gasteiger partial charge in [0.2, 0.25) is 0 Å². The molecule has 6 nitrogen and oxygen atoms in total. The molecule has 6 heteroatoms. The molecule has 0 aliphatic carbocycles. The number of hydrogen-bond donors (Lipinski definition) is 2. The molecule has 0 bridgehead atoms. The van der Waals surface area contributed by atoms with Gasteiger partial charge in [0.25, 0.3) is 5.91 Å². The minimum absolute atomic E-state index is 0.256. The molecular weight excluding hydrogens is 232 g/mol. The molecule has 0 unspecified atom stereocenters. The predicted molar refractivity (Wildman–Crippen MR) is 69.1 cm³/mol. The minimum Gasteiger partial charge on any atom is -0.382 e. The van der Waals surface area contributed by atoms with Crippen LogP contribution in [0.2, 0.25) is 0 Å². The van der Waals surface area contributed by atoms with Crippen LogP contribution in [0.1, 0.15) is 30.8 Å². The summed E-state index contributed by atoms with van der Waals surface area (Å²) in [6, 6.07) is 0. The van der Waals surface area contributed by atoms with Gasteiger partial charge in [-0.25, -0.2) is 9.97 Å². The number of carbonyl (C=O) groups is 1. The highest BCUT2D eigenvalue weighted by atomic mass is 16.5. The van der Waals surface area contributed by atoms with Gasteiger partial charge in [0.15, 0.2) is 0 Å². The van der Waals surface area contributed by atoms with Gasteiger partial charge < -0.3 is 15.8 Å². The van der Waals surface area contributed by atoms with E-state index in [2.05, 4.69) is 29.1 Å². The van der Waals surface area contributed by atoms with Crippen LogP contribution in [0, 0.1) is 5.92 Å². The zero-order chi connectivity index (χ0) is 13.4. The van der Waals surface area contributed by atoms with Crippen molar-refractivity contribution in [2.45, 2.75) is 20.3 Å². The molecule has 1 aromatic rings. The fraction of sp³-hybridized carbons (Fsp3) is 0.583. The van der Waals surface area contributed by atoms with Crippen LogP contribution in [0.4, 0.5) is 5.82 Å². The lowest BCUT2D eigenvalue weighted by Crippen LogP contribution is -2.28. The van der Waals surface area contributed by atoms with E-state index < -0.39 is 0 Å². The van der Waals surface area contributed by atoms with E-state index in [4.69, 9.17) is 10.5 Å². The third-order valence-corrected chi connectivity index (χ3v) is 2.28. The molecule has 100 valence electrons. The summed E-state index contributed by atoms with van der Waals surface area (Å²) in [5, 5.41) is 2.70. The van der Waals surface area contributed by atoms with Crippen molar-refractivity contribution in [1.82, 2.24) is 15.3 Å². The number of nitrogens with two attached hydrogens (primary N) is 1. The monoisotopic (exact) mass is 252 g/mol. The van der Waals surface area contributed by atoms with E-state index in [-0.39, 0.29) is 11.6 Å². The number of rotatable bonds is 7. The summed E-state index contributed by atoms with van der Waals surface area (Å²) in [6.07, 6.45) is 3.73. The Balaban J connectivity index is 2.16. The number of aromatic nitrogens is 2. The number of carbonyl (C=O) groups excluding carboxylic acids is 1. The molecule has 0 atom stereocenters. The van der Waals surface area contributed by atoms with Crippen LogP contribution in [0.3, 0.4) is 0 Å². The molecule has 1 heterocycles. The molecule has 18 heavy (non-hydrogen) atoms. The van der Waals surface area contributed by atoms with E-state index in [1.807, 2.05) is 0 Å². The number of anilines is 1. The first kappa shape index (κ1) is 14.4. The molecule has 0 fully saturated rings. The maximum absolute atomic E-state index is 11.6. The maximum Gasteiger partial charge on any atom is 0.271 e. The van der Waals surface area contributed by atoms with E-state index in [0.717, 1.165) is 13.0 Å². The van der Waals surface area contributed by atoms with Crippen molar-refractivity contribution in [1.29, 1.82) is 0 Å². The second kappa shape index (κ2) is 7.60. The third-order valence-electron chi connectivity index (χ3n) is 2.28. The molecule has 0 aliphatic heterocycles. The molecular formula is C12H20N4O2. The molecule has 0 saturated carbocycles. The number of ether oxygens (including phenoxy) is 1. The van der Waals surface area contributed by atoms with Crippen molar-refractivity contribution in [3.8, 4) is 0 Å². The lowest BCUT2D eigenvalue weighted by Gasteiger charge is -2.07. The quantitative estimate of drug-likeness (QED) is 0.702. The largest absolute Gasteiger partial charge is 0.382 e. The highest BCUT2D eigenvalue weighted by Gasteiger charge is 2.06. The summed E-state index contributed by atoms with van der Waals surface area (Å²) >= 11 is 0. The summed E-state index contributed by atoms with van der Waals surface area (Å²) in [5.41, 5.74) is 5.64. The molecule has 1 amide bonds. The highest BCUT2D eigenvalue weighted by molar-refractivity contribution is 5.91. The Bertz CT molecular complexity index is 365. The Labute approximate surface area is 107 Å². The Morgan fingerprint density at radius 1 is 1.39 bits per heavy atom. The summed E-state index contributed by atoms with van der Waals surface area (Å²) in [5.74, 6) is 0.656. The summed E-state index contributed by atoms with van der Waals surface area (Å²) in [7, 11) is 0. The summed E-state index contributed by atoms with van der Waals surface area (Å²) < 4.78 is 5.38. The van der Waals surface area contributed by atoms with Crippen LogP contribution in [-0.2, 0) is 4.74 Å². The zero-order valence-corrected chi connectivity index (χ0v) is 10.8. The zero-order valence-electron chi connectivity index (χ0n) is 10.8. The summed E-state index contributed by atoms with van der Waals surface area (Å²) in [6.45, 7) is 5.97. The Morgan fingerprint density at radius 3 is 2.78 bits per heavy atom. The summed E-state index contributed by atoms with van der Waals surface area (Å²) in [4.78, 5) is 19.3. The molecule has 0 spiro atoms. The lowest BCUT2D eigenvalue weighted by atomic mass is 10.1. The molecule has 1 aromatic heterocycles. The Kier molecular flexibility index (Phi) is 6.07. The smallest absolute Gasteiger partial charge is 0.271 e. The van der Waals surface area contributed by atoms with E-state index in [1.54, 1.807) is 0 Å². The van der Waals surface area contributed by atoms with Crippen molar-refractivity contribution in [3.05, 3.63) is 18.1 Å². The standard InChI is InChI=1S/C12H20N4O2/c1-9(2)3-5-18-6-4-14-12(17)10-7-16-11(13)8-15-10/h7-9H,3-6H2,1-2H3,(H2,13,16)(H,14,17). The maximum atomic E-state index is 11.6. The van der Waals surface area contributed by atoms with Gasteiger partial charge in [0.05, 0.1) is 19.0 Å². The first-order valence-corrected chi connectivity index (χ1v) is 6.03. The van der Waals surface area contributed by atoms with E-state index in [0.29, 0.717) is 24.9 Å². The molecule has 0 aromatic carbocycles. The van der Waals surface area contributed by atoms with Gasteiger partial charge in [-0.05, 0) is 12.3 Å². The fourth-order valence-electron chi connectivity index (χ4n) is 1.20. The van der Waals surface area contributed by atoms with Crippen molar-refractivity contribution < 1.29 is 9.53 Å². The van der Waals surface area contributed by atoms with Gasteiger partial charge in [0, 0.05) is 13.2 Å².